The lowest BCUT2D eigenvalue weighted by atomic mass is 10.0. The summed E-state index contributed by atoms with van der Waals surface area (Å²) in [6.07, 6.45) is 4.84. The molecule has 0 bridgehead atoms. The molecule has 7 heteroatoms. The highest BCUT2D eigenvalue weighted by molar-refractivity contribution is 14.0. The highest BCUT2D eigenvalue weighted by Crippen LogP contribution is 2.19. The largest absolute Gasteiger partial charge is 0.493 e. The zero-order valence-corrected chi connectivity index (χ0v) is 20.1. The molecule has 1 aliphatic heterocycles. The van der Waals surface area contributed by atoms with Crippen molar-refractivity contribution in [3.05, 3.63) is 24.3 Å². The van der Waals surface area contributed by atoms with E-state index in [2.05, 4.69) is 34.4 Å². The van der Waals surface area contributed by atoms with Gasteiger partial charge in [0.25, 0.3) is 0 Å². The fourth-order valence-electron chi connectivity index (χ4n) is 3.51. The van der Waals surface area contributed by atoms with Crippen LogP contribution in [0, 0.1) is 0 Å². The first-order valence-corrected chi connectivity index (χ1v) is 10.1. The van der Waals surface area contributed by atoms with Gasteiger partial charge in [-0.05, 0) is 45.4 Å². The molecular formula is C21H37IN4O2. The SMILES string of the molecule is CN=C(NCC(C)N1CCCCC1C)Nc1cccc(OCCCOC)c1.I. The fourth-order valence-corrected chi connectivity index (χ4v) is 3.51. The van der Waals surface area contributed by atoms with Gasteiger partial charge in [-0.1, -0.05) is 12.5 Å². The number of ether oxygens (including phenoxy) is 2. The number of methoxy groups -OCH3 is 1. The van der Waals surface area contributed by atoms with Crippen LogP contribution in [0.3, 0.4) is 0 Å². The summed E-state index contributed by atoms with van der Waals surface area (Å²) < 4.78 is 10.8. The summed E-state index contributed by atoms with van der Waals surface area (Å²) >= 11 is 0. The Kier molecular flexibility index (Phi) is 12.5. The zero-order valence-electron chi connectivity index (χ0n) is 17.7. The molecule has 2 N–H and O–H groups in total. The summed E-state index contributed by atoms with van der Waals surface area (Å²) in [4.78, 5) is 6.95. The fraction of sp³-hybridized carbons (Fsp3) is 0.667. The van der Waals surface area contributed by atoms with Crippen molar-refractivity contribution < 1.29 is 9.47 Å². The van der Waals surface area contributed by atoms with Crippen LogP contribution in [-0.4, -0.2) is 63.4 Å². The van der Waals surface area contributed by atoms with Gasteiger partial charge in [-0.25, -0.2) is 0 Å². The molecule has 0 saturated carbocycles. The molecule has 6 nitrogen and oxygen atoms in total. The number of nitrogens with zero attached hydrogens (tertiary/aromatic N) is 2. The molecule has 1 saturated heterocycles. The number of hydrogen-bond acceptors (Lipinski definition) is 4. The molecule has 0 spiro atoms. The number of rotatable bonds is 9. The summed E-state index contributed by atoms with van der Waals surface area (Å²) in [7, 11) is 3.50. The van der Waals surface area contributed by atoms with Crippen LogP contribution < -0.4 is 15.4 Å². The first-order chi connectivity index (χ1) is 13.1. The number of aliphatic imine (C=N–C) groups is 1. The molecule has 0 radical (unpaired) electrons. The topological polar surface area (TPSA) is 58.1 Å². The zero-order chi connectivity index (χ0) is 19.5. The molecule has 1 aliphatic rings. The van der Waals surface area contributed by atoms with Gasteiger partial charge in [0.1, 0.15) is 5.75 Å². The van der Waals surface area contributed by atoms with Crippen LogP contribution in [0.15, 0.2) is 29.3 Å². The van der Waals surface area contributed by atoms with E-state index in [1.54, 1.807) is 14.2 Å². The number of nitrogens with one attached hydrogen (secondary N) is 2. The number of hydrogen-bond donors (Lipinski definition) is 2. The van der Waals surface area contributed by atoms with Gasteiger partial charge in [0.15, 0.2) is 5.96 Å². The van der Waals surface area contributed by atoms with Crippen LogP contribution in [0.4, 0.5) is 5.69 Å². The van der Waals surface area contributed by atoms with Crippen molar-refractivity contribution in [2.75, 3.05) is 45.8 Å². The Morgan fingerprint density at radius 3 is 2.86 bits per heavy atom. The minimum absolute atomic E-state index is 0. The lowest BCUT2D eigenvalue weighted by molar-refractivity contribution is 0.116. The Balaban J connectivity index is 0.00000392. The average Bonchev–Trinajstić information content (AvgIpc) is 2.69. The third-order valence-corrected chi connectivity index (χ3v) is 5.07. The number of benzene rings is 1. The van der Waals surface area contributed by atoms with Crippen LogP contribution >= 0.6 is 24.0 Å². The number of anilines is 1. The van der Waals surface area contributed by atoms with Crippen LogP contribution in [0.1, 0.15) is 39.5 Å². The number of halogens is 1. The van der Waals surface area contributed by atoms with Crippen molar-refractivity contribution in [2.45, 2.75) is 51.6 Å². The molecule has 1 aromatic carbocycles. The van der Waals surface area contributed by atoms with Gasteiger partial charge in [0.2, 0.25) is 0 Å². The number of likely N-dealkylation sites (tertiary alicyclic amines) is 1. The van der Waals surface area contributed by atoms with E-state index in [4.69, 9.17) is 9.47 Å². The molecular weight excluding hydrogens is 467 g/mol. The van der Waals surface area contributed by atoms with E-state index in [9.17, 15) is 0 Å². The van der Waals surface area contributed by atoms with Gasteiger partial charge in [0, 0.05) is 57.6 Å². The summed E-state index contributed by atoms with van der Waals surface area (Å²) in [5.74, 6) is 1.63. The van der Waals surface area contributed by atoms with E-state index < -0.39 is 0 Å². The normalized spacial score (nSPS) is 18.9. The Hall–Kier alpha value is -1.06. The lowest BCUT2D eigenvalue weighted by Gasteiger charge is -2.38. The second-order valence-electron chi connectivity index (χ2n) is 7.23. The maximum absolute atomic E-state index is 5.77. The average molecular weight is 504 g/mol. The van der Waals surface area contributed by atoms with E-state index in [0.717, 1.165) is 30.4 Å². The van der Waals surface area contributed by atoms with Crippen LogP contribution in [-0.2, 0) is 4.74 Å². The monoisotopic (exact) mass is 504 g/mol. The summed E-state index contributed by atoms with van der Waals surface area (Å²) in [6.45, 7) is 8.05. The second kappa shape index (κ2) is 14.0. The van der Waals surface area contributed by atoms with Crippen molar-refractivity contribution in [3.63, 3.8) is 0 Å². The predicted molar refractivity (Wildman–Crippen MR) is 128 cm³/mol. The third kappa shape index (κ3) is 8.53. The lowest BCUT2D eigenvalue weighted by Crippen LogP contribution is -2.49. The summed E-state index contributed by atoms with van der Waals surface area (Å²) in [5.41, 5.74) is 0.964. The van der Waals surface area contributed by atoms with Crippen molar-refractivity contribution in [3.8, 4) is 5.75 Å². The van der Waals surface area contributed by atoms with E-state index in [-0.39, 0.29) is 24.0 Å². The highest BCUT2D eigenvalue weighted by Gasteiger charge is 2.22. The minimum Gasteiger partial charge on any atom is -0.493 e. The molecule has 1 heterocycles. The molecule has 1 aromatic rings. The van der Waals surface area contributed by atoms with Crippen molar-refractivity contribution in [1.29, 1.82) is 0 Å². The van der Waals surface area contributed by atoms with Gasteiger partial charge in [-0.2, -0.15) is 0 Å². The van der Waals surface area contributed by atoms with E-state index in [1.165, 1.54) is 25.8 Å². The second-order valence-corrected chi connectivity index (χ2v) is 7.23. The Morgan fingerprint density at radius 1 is 1.32 bits per heavy atom. The molecule has 2 rings (SSSR count). The summed E-state index contributed by atoms with van der Waals surface area (Å²) in [5, 5.41) is 6.81. The van der Waals surface area contributed by atoms with E-state index in [1.807, 2.05) is 24.3 Å². The van der Waals surface area contributed by atoms with Crippen LogP contribution in [0.5, 0.6) is 5.75 Å². The van der Waals surface area contributed by atoms with Crippen molar-refractivity contribution >= 4 is 35.6 Å². The molecule has 2 unspecified atom stereocenters. The Morgan fingerprint density at radius 2 is 2.14 bits per heavy atom. The van der Waals surface area contributed by atoms with Gasteiger partial charge in [0.05, 0.1) is 6.61 Å². The number of piperidine rings is 1. The van der Waals surface area contributed by atoms with Gasteiger partial charge in [-0.15, -0.1) is 24.0 Å². The van der Waals surface area contributed by atoms with Crippen molar-refractivity contribution in [2.24, 2.45) is 4.99 Å². The molecule has 2 atom stereocenters. The summed E-state index contributed by atoms with van der Waals surface area (Å²) in [6, 6.07) is 9.11. The van der Waals surface area contributed by atoms with Gasteiger partial charge >= 0.3 is 0 Å². The molecule has 160 valence electrons. The predicted octanol–water partition coefficient (Wildman–Crippen LogP) is 3.97. The molecule has 0 aromatic heterocycles. The molecule has 0 aliphatic carbocycles. The van der Waals surface area contributed by atoms with Crippen LogP contribution in [0.25, 0.3) is 0 Å². The number of guanidine groups is 1. The van der Waals surface area contributed by atoms with E-state index >= 15 is 0 Å². The van der Waals surface area contributed by atoms with E-state index in [0.29, 0.717) is 25.3 Å². The Bertz CT molecular complexity index is 585. The first-order valence-electron chi connectivity index (χ1n) is 10.1. The highest BCUT2D eigenvalue weighted by atomic mass is 127. The molecule has 1 fully saturated rings. The Labute approximate surface area is 187 Å². The van der Waals surface area contributed by atoms with Gasteiger partial charge in [-0.3, -0.25) is 9.89 Å². The molecule has 28 heavy (non-hydrogen) atoms. The quantitative estimate of drug-likeness (QED) is 0.231. The third-order valence-electron chi connectivity index (χ3n) is 5.07. The molecule has 0 amide bonds. The van der Waals surface area contributed by atoms with Crippen molar-refractivity contribution in [1.82, 2.24) is 10.2 Å². The smallest absolute Gasteiger partial charge is 0.195 e. The first kappa shape index (κ1) is 25.0. The van der Waals surface area contributed by atoms with Gasteiger partial charge < -0.3 is 20.1 Å². The minimum atomic E-state index is 0. The standard InChI is InChI=1S/C21H36N4O2.HI/c1-17-9-5-6-12-25(17)18(2)16-23-21(22-3)24-19-10-7-11-20(15-19)27-14-8-13-26-4;/h7,10-11,15,17-18H,5-6,8-9,12-14,16H2,1-4H3,(H2,22,23,24);1H. The maximum Gasteiger partial charge on any atom is 0.195 e. The maximum atomic E-state index is 5.77. The van der Waals surface area contributed by atoms with Crippen LogP contribution in [0.2, 0.25) is 0 Å².